The molecule has 0 radical (unpaired) electrons. The van der Waals surface area contributed by atoms with Crippen molar-refractivity contribution in [2.75, 3.05) is 26.3 Å². The van der Waals surface area contributed by atoms with Gasteiger partial charge in [0.1, 0.15) is 0 Å². The van der Waals surface area contributed by atoms with E-state index in [-0.39, 0.29) is 0 Å². The van der Waals surface area contributed by atoms with E-state index in [4.69, 9.17) is 4.74 Å². The Morgan fingerprint density at radius 1 is 1.26 bits per heavy atom. The summed E-state index contributed by atoms with van der Waals surface area (Å²) in [5.74, 6) is 2.76. The van der Waals surface area contributed by atoms with E-state index >= 15 is 0 Å². The largest absolute Gasteiger partial charge is 0.381 e. The fourth-order valence-electron chi connectivity index (χ4n) is 4.30. The number of fused-ring (bicyclic) bond motifs is 2. The second kappa shape index (κ2) is 7.08. The minimum atomic E-state index is 0.561. The summed E-state index contributed by atoms with van der Waals surface area (Å²) in [5, 5.41) is 3.74. The molecule has 0 saturated heterocycles. The lowest BCUT2D eigenvalue weighted by Gasteiger charge is -2.38. The third kappa shape index (κ3) is 3.95. The van der Waals surface area contributed by atoms with Gasteiger partial charge in [-0.3, -0.25) is 0 Å². The molecule has 0 aromatic heterocycles. The van der Waals surface area contributed by atoms with Gasteiger partial charge in [0, 0.05) is 19.8 Å². The quantitative estimate of drug-likeness (QED) is 0.641. The SMILES string of the molecule is CCCOCCC1(CNCC(C)C)CC2CCC1C2. The third-order valence-corrected chi connectivity index (χ3v) is 5.22. The predicted octanol–water partition coefficient (Wildman–Crippen LogP) is 3.86. The number of ether oxygens (including phenoxy) is 1. The molecule has 0 aliphatic heterocycles. The summed E-state index contributed by atoms with van der Waals surface area (Å²) in [6, 6.07) is 0. The maximum Gasteiger partial charge on any atom is 0.0471 e. The second-order valence-corrected chi connectivity index (χ2v) is 7.33. The van der Waals surface area contributed by atoms with Gasteiger partial charge in [0.15, 0.2) is 0 Å². The minimum absolute atomic E-state index is 0.561. The van der Waals surface area contributed by atoms with Gasteiger partial charge in [-0.1, -0.05) is 27.2 Å². The van der Waals surface area contributed by atoms with Crippen LogP contribution in [-0.2, 0) is 4.74 Å². The molecule has 2 heteroatoms. The van der Waals surface area contributed by atoms with E-state index in [1.54, 1.807) is 0 Å². The van der Waals surface area contributed by atoms with Crippen LogP contribution >= 0.6 is 0 Å². The van der Waals surface area contributed by atoms with Crippen molar-refractivity contribution in [2.24, 2.45) is 23.2 Å². The highest BCUT2D eigenvalue weighted by molar-refractivity contribution is 5.01. The molecule has 0 aromatic rings. The predicted molar refractivity (Wildman–Crippen MR) is 81.3 cm³/mol. The maximum atomic E-state index is 5.78. The minimum Gasteiger partial charge on any atom is -0.381 e. The molecule has 112 valence electrons. The van der Waals surface area contributed by atoms with Crippen molar-refractivity contribution < 1.29 is 4.74 Å². The average molecular weight is 267 g/mol. The third-order valence-electron chi connectivity index (χ3n) is 5.22. The lowest BCUT2D eigenvalue weighted by Crippen LogP contribution is -2.40. The van der Waals surface area contributed by atoms with Crippen molar-refractivity contribution in [3.05, 3.63) is 0 Å². The number of rotatable bonds is 9. The van der Waals surface area contributed by atoms with E-state index in [0.717, 1.165) is 43.9 Å². The van der Waals surface area contributed by atoms with Gasteiger partial charge in [0.25, 0.3) is 0 Å². The molecule has 19 heavy (non-hydrogen) atoms. The van der Waals surface area contributed by atoms with Gasteiger partial charge in [-0.2, -0.15) is 0 Å². The molecule has 2 bridgehead atoms. The van der Waals surface area contributed by atoms with Crippen molar-refractivity contribution in [1.82, 2.24) is 5.32 Å². The van der Waals surface area contributed by atoms with Crippen LogP contribution in [0.25, 0.3) is 0 Å². The molecular weight excluding hydrogens is 234 g/mol. The molecule has 0 amide bonds. The van der Waals surface area contributed by atoms with Crippen LogP contribution in [0.1, 0.15) is 59.3 Å². The summed E-state index contributed by atoms with van der Waals surface area (Å²) in [7, 11) is 0. The average Bonchev–Trinajstić information content (AvgIpc) is 2.95. The maximum absolute atomic E-state index is 5.78. The topological polar surface area (TPSA) is 21.3 Å². The number of hydrogen-bond acceptors (Lipinski definition) is 2. The van der Waals surface area contributed by atoms with E-state index in [9.17, 15) is 0 Å². The Morgan fingerprint density at radius 2 is 2.11 bits per heavy atom. The first-order valence-electron chi connectivity index (χ1n) is 8.45. The van der Waals surface area contributed by atoms with Gasteiger partial charge in [-0.15, -0.1) is 0 Å². The normalized spacial score (nSPS) is 33.5. The van der Waals surface area contributed by atoms with Crippen LogP contribution < -0.4 is 5.32 Å². The molecule has 2 rings (SSSR count). The molecule has 0 heterocycles. The molecule has 2 aliphatic rings. The van der Waals surface area contributed by atoms with E-state index in [2.05, 4.69) is 26.1 Å². The number of hydrogen-bond donors (Lipinski definition) is 1. The van der Waals surface area contributed by atoms with E-state index < -0.39 is 0 Å². The summed E-state index contributed by atoms with van der Waals surface area (Å²) in [6.45, 7) is 11.1. The van der Waals surface area contributed by atoms with E-state index in [1.165, 1.54) is 38.6 Å². The van der Waals surface area contributed by atoms with Crippen molar-refractivity contribution in [2.45, 2.75) is 59.3 Å². The smallest absolute Gasteiger partial charge is 0.0471 e. The fraction of sp³-hybridized carbons (Fsp3) is 1.00. The molecule has 2 saturated carbocycles. The molecular formula is C17H33NO. The molecule has 2 aliphatic carbocycles. The first-order valence-corrected chi connectivity index (χ1v) is 8.45. The molecule has 3 atom stereocenters. The Balaban J connectivity index is 1.83. The highest BCUT2D eigenvalue weighted by Crippen LogP contribution is 2.57. The van der Waals surface area contributed by atoms with Gasteiger partial charge >= 0.3 is 0 Å². The van der Waals surface area contributed by atoms with Gasteiger partial charge in [-0.25, -0.2) is 0 Å². The van der Waals surface area contributed by atoms with Crippen molar-refractivity contribution in [3.63, 3.8) is 0 Å². The monoisotopic (exact) mass is 267 g/mol. The van der Waals surface area contributed by atoms with Gasteiger partial charge in [0.2, 0.25) is 0 Å². The standard InChI is InChI=1S/C17H33NO/c1-4-8-19-9-7-17(13-18-12-14(2)3)11-15-5-6-16(17)10-15/h14-16,18H,4-13H2,1-3H3. The molecule has 0 aromatic carbocycles. The Morgan fingerprint density at radius 3 is 2.68 bits per heavy atom. The highest BCUT2D eigenvalue weighted by atomic mass is 16.5. The Hall–Kier alpha value is -0.0800. The Kier molecular flexibility index (Phi) is 5.70. The zero-order valence-corrected chi connectivity index (χ0v) is 13.2. The lowest BCUT2D eigenvalue weighted by molar-refractivity contribution is 0.0627. The summed E-state index contributed by atoms with van der Waals surface area (Å²) in [4.78, 5) is 0. The van der Waals surface area contributed by atoms with Gasteiger partial charge in [0.05, 0.1) is 0 Å². The van der Waals surface area contributed by atoms with Crippen LogP contribution in [-0.4, -0.2) is 26.3 Å². The van der Waals surface area contributed by atoms with E-state index in [0.29, 0.717) is 5.41 Å². The fourth-order valence-corrected chi connectivity index (χ4v) is 4.30. The summed E-state index contributed by atoms with van der Waals surface area (Å²) in [6.07, 6.45) is 8.34. The second-order valence-electron chi connectivity index (χ2n) is 7.33. The zero-order valence-electron chi connectivity index (χ0n) is 13.2. The van der Waals surface area contributed by atoms with Crippen molar-refractivity contribution in [1.29, 1.82) is 0 Å². The van der Waals surface area contributed by atoms with Crippen LogP contribution in [0.15, 0.2) is 0 Å². The van der Waals surface area contributed by atoms with Crippen LogP contribution in [0.4, 0.5) is 0 Å². The molecule has 2 fully saturated rings. The molecule has 3 unspecified atom stereocenters. The van der Waals surface area contributed by atoms with Crippen LogP contribution in [0.2, 0.25) is 0 Å². The van der Waals surface area contributed by atoms with Gasteiger partial charge in [-0.05, 0) is 61.8 Å². The summed E-state index contributed by atoms with van der Waals surface area (Å²) < 4.78 is 5.78. The molecule has 0 spiro atoms. The van der Waals surface area contributed by atoms with Crippen molar-refractivity contribution >= 4 is 0 Å². The van der Waals surface area contributed by atoms with E-state index in [1.807, 2.05) is 0 Å². The van der Waals surface area contributed by atoms with Gasteiger partial charge < -0.3 is 10.1 Å². The molecule has 1 N–H and O–H groups in total. The van der Waals surface area contributed by atoms with Crippen LogP contribution in [0, 0.1) is 23.2 Å². The van der Waals surface area contributed by atoms with Crippen LogP contribution in [0.5, 0.6) is 0 Å². The summed E-state index contributed by atoms with van der Waals surface area (Å²) in [5.41, 5.74) is 0.561. The number of nitrogens with one attached hydrogen (secondary N) is 1. The lowest BCUT2D eigenvalue weighted by atomic mass is 9.71. The molecule has 2 nitrogen and oxygen atoms in total. The highest BCUT2D eigenvalue weighted by Gasteiger charge is 2.49. The first-order chi connectivity index (χ1) is 9.16. The Labute approximate surface area is 119 Å². The van der Waals surface area contributed by atoms with Crippen LogP contribution in [0.3, 0.4) is 0 Å². The van der Waals surface area contributed by atoms with Crippen molar-refractivity contribution in [3.8, 4) is 0 Å². The summed E-state index contributed by atoms with van der Waals surface area (Å²) >= 11 is 0. The zero-order chi connectivity index (χ0) is 13.7. The first kappa shape index (κ1) is 15.3. The Bertz CT molecular complexity index is 266.